The topological polar surface area (TPSA) is 118 Å². The van der Waals surface area contributed by atoms with Crippen LogP contribution in [0.25, 0.3) is 5.69 Å². The van der Waals surface area contributed by atoms with Crippen LogP contribution < -0.4 is 5.32 Å². The fourth-order valence-electron chi connectivity index (χ4n) is 4.39. The first-order valence-corrected chi connectivity index (χ1v) is 15.6. The molecule has 0 unspecified atom stereocenters. The number of nitrogens with one attached hydrogen (secondary N) is 1. The van der Waals surface area contributed by atoms with Gasteiger partial charge in [0.25, 0.3) is 0 Å². The third kappa shape index (κ3) is 5.53. The van der Waals surface area contributed by atoms with E-state index in [1.54, 1.807) is 28.8 Å². The molecule has 8 nitrogen and oxygen atoms in total. The summed E-state index contributed by atoms with van der Waals surface area (Å²) >= 11 is 2.65. The summed E-state index contributed by atoms with van der Waals surface area (Å²) in [6.07, 6.45) is 3.96. The minimum atomic E-state index is -3.67. The lowest BCUT2D eigenvalue weighted by Crippen LogP contribution is -2.15. The maximum absolute atomic E-state index is 13.1. The molecular formula is C27H25N5O3S3. The number of anilines is 1. The molecule has 1 aliphatic carbocycles. The first-order valence-electron chi connectivity index (χ1n) is 12.1. The zero-order chi connectivity index (χ0) is 26.7. The smallest absolute Gasteiger partial charge is 0.235 e. The van der Waals surface area contributed by atoms with E-state index in [1.165, 1.54) is 28.0 Å². The number of rotatable bonds is 8. The zero-order valence-corrected chi connectivity index (χ0v) is 23.1. The molecule has 2 heterocycles. The molecule has 1 aliphatic rings. The zero-order valence-electron chi connectivity index (χ0n) is 20.7. The van der Waals surface area contributed by atoms with E-state index >= 15 is 0 Å². The highest BCUT2D eigenvalue weighted by molar-refractivity contribution is 7.99. The van der Waals surface area contributed by atoms with E-state index in [4.69, 9.17) is 0 Å². The molecule has 2 aromatic carbocycles. The third-order valence-corrected chi connectivity index (χ3v) is 10.0. The maximum Gasteiger partial charge on any atom is 0.235 e. The number of para-hydroxylation sites is 1. The SMILES string of the molecule is Cc1ccc(S(=O)(=O)Cc2nnc(SCC(=O)Nc3sc4c(c3C#N)CCCC4)n2-c2ccccc2)cc1. The average molecular weight is 564 g/mol. The lowest BCUT2D eigenvalue weighted by molar-refractivity contribution is -0.113. The monoisotopic (exact) mass is 563 g/mol. The molecule has 0 saturated carbocycles. The molecule has 0 saturated heterocycles. The van der Waals surface area contributed by atoms with Gasteiger partial charge in [-0.1, -0.05) is 47.7 Å². The predicted molar refractivity (Wildman–Crippen MR) is 148 cm³/mol. The van der Waals surface area contributed by atoms with Gasteiger partial charge < -0.3 is 5.32 Å². The Morgan fingerprint density at radius 1 is 1.11 bits per heavy atom. The van der Waals surface area contributed by atoms with Crippen LogP contribution in [0, 0.1) is 18.3 Å². The number of aromatic nitrogens is 3. The van der Waals surface area contributed by atoms with Crippen molar-refractivity contribution in [1.82, 2.24) is 14.8 Å². The second kappa shape index (κ2) is 11.1. The van der Waals surface area contributed by atoms with Gasteiger partial charge in [0, 0.05) is 10.6 Å². The number of benzene rings is 2. The largest absolute Gasteiger partial charge is 0.316 e. The summed E-state index contributed by atoms with van der Waals surface area (Å²) in [5.74, 6) is -0.306. The molecule has 11 heteroatoms. The van der Waals surface area contributed by atoms with E-state index in [0.29, 0.717) is 21.4 Å². The summed E-state index contributed by atoms with van der Waals surface area (Å²) in [5.41, 5.74) is 3.30. The number of carbonyl (C=O) groups excluding carboxylic acids is 1. The highest BCUT2D eigenvalue weighted by Gasteiger charge is 2.24. The third-order valence-electron chi connectivity index (χ3n) is 6.28. The molecule has 0 aliphatic heterocycles. The van der Waals surface area contributed by atoms with Crippen LogP contribution in [0.4, 0.5) is 5.00 Å². The van der Waals surface area contributed by atoms with Gasteiger partial charge in [-0.25, -0.2) is 8.42 Å². The fraction of sp³-hybridized carbons (Fsp3) is 0.259. The van der Waals surface area contributed by atoms with Crippen LogP contribution in [0.2, 0.25) is 0 Å². The van der Waals surface area contributed by atoms with Gasteiger partial charge in [-0.2, -0.15) is 5.26 Å². The molecule has 0 atom stereocenters. The molecule has 0 fully saturated rings. The normalized spacial score (nSPS) is 13.1. The minimum Gasteiger partial charge on any atom is -0.316 e. The maximum atomic E-state index is 13.1. The van der Waals surface area contributed by atoms with E-state index in [1.807, 2.05) is 37.3 Å². The van der Waals surface area contributed by atoms with Crippen LogP contribution in [0.1, 0.15) is 40.2 Å². The molecular weight excluding hydrogens is 539 g/mol. The highest BCUT2D eigenvalue weighted by Crippen LogP contribution is 2.37. The Hall–Kier alpha value is -3.46. The van der Waals surface area contributed by atoms with Gasteiger partial charge in [0.2, 0.25) is 5.91 Å². The lowest BCUT2D eigenvalue weighted by Gasteiger charge is -2.11. The summed E-state index contributed by atoms with van der Waals surface area (Å²) in [5, 5.41) is 22.0. The van der Waals surface area contributed by atoms with E-state index in [2.05, 4.69) is 21.6 Å². The summed E-state index contributed by atoms with van der Waals surface area (Å²) < 4.78 is 28.0. The van der Waals surface area contributed by atoms with Gasteiger partial charge in [0.05, 0.1) is 16.2 Å². The molecule has 0 spiro atoms. The van der Waals surface area contributed by atoms with Crippen molar-refractivity contribution in [3.8, 4) is 11.8 Å². The number of thiophene rings is 1. The Balaban J connectivity index is 1.37. The Morgan fingerprint density at radius 2 is 1.84 bits per heavy atom. The molecule has 0 bridgehead atoms. The van der Waals surface area contributed by atoms with Crippen LogP contribution in [0.15, 0.2) is 64.6 Å². The van der Waals surface area contributed by atoms with Crippen LogP contribution in [-0.2, 0) is 33.2 Å². The summed E-state index contributed by atoms with van der Waals surface area (Å²) in [4.78, 5) is 14.3. The molecule has 194 valence electrons. The van der Waals surface area contributed by atoms with Crippen LogP contribution in [-0.4, -0.2) is 34.8 Å². The number of sulfone groups is 1. The second-order valence-electron chi connectivity index (χ2n) is 9.01. The van der Waals surface area contributed by atoms with Crippen molar-refractivity contribution in [3.05, 3.63) is 82.0 Å². The van der Waals surface area contributed by atoms with Crippen molar-refractivity contribution < 1.29 is 13.2 Å². The van der Waals surface area contributed by atoms with Gasteiger partial charge in [0.15, 0.2) is 20.8 Å². The van der Waals surface area contributed by atoms with Crippen molar-refractivity contribution >= 4 is 43.8 Å². The average Bonchev–Trinajstić information content (AvgIpc) is 3.47. The van der Waals surface area contributed by atoms with E-state index in [9.17, 15) is 18.5 Å². The van der Waals surface area contributed by atoms with Gasteiger partial charge >= 0.3 is 0 Å². The Labute approximate surface area is 229 Å². The van der Waals surface area contributed by atoms with Crippen LogP contribution in [0.5, 0.6) is 0 Å². The molecule has 1 amide bonds. The van der Waals surface area contributed by atoms with E-state index in [-0.39, 0.29) is 28.1 Å². The molecule has 38 heavy (non-hydrogen) atoms. The van der Waals surface area contributed by atoms with Gasteiger partial charge in [0.1, 0.15) is 16.8 Å². The van der Waals surface area contributed by atoms with E-state index in [0.717, 1.165) is 36.8 Å². The van der Waals surface area contributed by atoms with Crippen molar-refractivity contribution in [1.29, 1.82) is 5.26 Å². The first kappa shape index (κ1) is 26.2. The van der Waals surface area contributed by atoms with E-state index < -0.39 is 9.84 Å². The number of hydrogen-bond donors (Lipinski definition) is 1. The number of fused-ring (bicyclic) bond motifs is 1. The molecule has 5 rings (SSSR count). The number of nitriles is 1. The Kier molecular flexibility index (Phi) is 7.65. The second-order valence-corrected chi connectivity index (χ2v) is 13.0. The molecule has 0 radical (unpaired) electrons. The van der Waals surface area contributed by atoms with Crippen molar-refractivity contribution in [2.24, 2.45) is 0 Å². The molecule has 4 aromatic rings. The number of aryl methyl sites for hydroxylation is 2. The van der Waals surface area contributed by atoms with Crippen molar-refractivity contribution in [2.75, 3.05) is 11.1 Å². The summed E-state index contributed by atoms with van der Waals surface area (Å²) in [6.45, 7) is 1.90. The summed E-state index contributed by atoms with van der Waals surface area (Å²) in [6, 6.07) is 18.2. The lowest BCUT2D eigenvalue weighted by atomic mass is 9.96. The standard InChI is InChI=1S/C27H25N5O3S3/c1-18-11-13-20(14-12-18)38(34,35)17-24-30-31-27(32(24)19-7-3-2-4-8-19)36-16-25(33)29-26-22(15-28)21-9-5-6-10-23(21)37-26/h2-4,7-8,11-14H,5-6,9-10,16-17H2,1H3,(H,29,33). The molecule has 2 aromatic heterocycles. The highest BCUT2D eigenvalue weighted by atomic mass is 32.2. The van der Waals surface area contributed by atoms with Crippen LogP contribution in [0.3, 0.4) is 0 Å². The quantitative estimate of drug-likeness (QED) is 0.297. The minimum absolute atomic E-state index is 0.0309. The fourth-order valence-corrected chi connectivity index (χ4v) is 7.66. The predicted octanol–water partition coefficient (Wildman–Crippen LogP) is 5.09. The van der Waals surface area contributed by atoms with Crippen LogP contribution >= 0.6 is 23.1 Å². The van der Waals surface area contributed by atoms with Crippen molar-refractivity contribution in [2.45, 2.75) is 48.4 Å². The Morgan fingerprint density at radius 3 is 2.58 bits per heavy atom. The van der Waals surface area contributed by atoms with Gasteiger partial charge in [-0.15, -0.1) is 21.5 Å². The number of amides is 1. The number of carbonyl (C=O) groups is 1. The van der Waals surface area contributed by atoms with Gasteiger partial charge in [-0.3, -0.25) is 9.36 Å². The summed E-state index contributed by atoms with van der Waals surface area (Å²) in [7, 11) is -3.67. The first-order chi connectivity index (χ1) is 18.4. The van der Waals surface area contributed by atoms with Crippen molar-refractivity contribution in [3.63, 3.8) is 0 Å². The number of thioether (sulfide) groups is 1. The number of hydrogen-bond acceptors (Lipinski definition) is 8. The Bertz CT molecular complexity index is 1620. The van der Waals surface area contributed by atoms with Gasteiger partial charge in [-0.05, 0) is 62.4 Å². The molecule has 1 N–H and O–H groups in total. The number of nitrogens with zero attached hydrogens (tertiary/aromatic N) is 4.